The van der Waals surface area contributed by atoms with Crippen LogP contribution in [0.2, 0.25) is 10.0 Å². The maximum atomic E-state index is 13.1. The van der Waals surface area contributed by atoms with Gasteiger partial charge in [0.1, 0.15) is 5.82 Å². The molecule has 70 valence electrons. The number of nitrogens with two attached hydrogens (primary N) is 1. The fourth-order valence-electron chi connectivity index (χ4n) is 0.880. The Balaban J connectivity index is 3.46. The van der Waals surface area contributed by atoms with Gasteiger partial charge in [0.15, 0.2) is 0 Å². The van der Waals surface area contributed by atoms with Gasteiger partial charge in [0.2, 0.25) is 0 Å². The summed E-state index contributed by atoms with van der Waals surface area (Å²) < 4.78 is 13.1. The van der Waals surface area contributed by atoms with Crippen LogP contribution in [-0.4, -0.2) is 17.2 Å². The van der Waals surface area contributed by atoms with Crippen LogP contribution in [0.4, 0.5) is 10.1 Å². The molecule has 0 aliphatic rings. The molecule has 0 spiro atoms. The second-order valence-electron chi connectivity index (χ2n) is 2.36. The molecule has 1 rings (SSSR count). The van der Waals surface area contributed by atoms with Crippen molar-refractivity contribution in [2.24, 2.45) is 0 Å². The third-order valence-electron chi connectivity index (χ3n) is 1.51. The molecule has 0 bridgehead atoms. The average Bonchev–Trinajstić information content (AvgIpc) is 2.01. The van der Waals surface area contributed by atoms with Gasteiger partial charge in [0.05, 0.1) is 15.7 Å². The summed E-state index contributed by atoms with van der Waals surface area (Å²) in [4.78, 5) is 0. The number of anilines is 1. The molecule has 4 N–H and O–H groups in total. The fourth-order valence-corrected chi connectivity index (χ4v) is 1.36. The number of rotatable bonds is 1. The molecule has 0 unspecified atom stereocenters. The highest BCUT2D eigenvalue weighted by molar-refractivity contribution is 6.62. The van der Waals surface area contributed by atoms with Crippen LogP contribution >= 0.6 is 23.2 Å². The van der Waals surface area contributed by atoms with E-state index in [1.165, 1.54) is 0 Å². The molecule has 3 nitrogen and oxygen atoms in total. The highest BCUT2D eigenvalue weighted by Crippen LogP contribution is 2.24. The van der Waals surface area contributed by atoms with Gasteiger partial charge in [-0.1, -0.05) is 23.2 Å². The van der Waals surface area contributed by atoms with E-state index in [-0.39, 0.29) is 15.7 Å². The molecule has 13 heavy (non-hydrogen) atoms. The summed E-state index contributed by atoms with van der Waals surface area (Å²) in [6.07, 6.45) is 0. The Morgan fingerprint density at radius 3 is 2.31 bits per heavy atom. The van der Waals surface area contributed by atoms with Crippen LogP contribution in [-0.2, 0) is 0 Å². The van der Waals surface area contributed by atoms with Crippen molar-refractivity contribution in [2.75, 3.05) is 5.73 Å². The predicted molar refractivity (Wildman–Crippen MR) is 50.7 cm³/mol. The zero-order valence-corrected chi connectivity index (χ0v) is 7.77. The van der Waals surface area contributed by atoms with Gasteiger partial charge >= 0.3 is 7.12 Å². The van der Waals surface area contributed by atoms with E-state index in [0.29, 0.717) is 0 Å². The van der Waals surface area contributed by atoms with Crippen molar-refractivity contribution in [2.45, 2.75) is 0 Å². The summed E-state index contributed by atoms with van der Waals surface area (Å²) in [5.41, 5.74) is 4.58. The number of nitrogen functional groups attached to an aromatic ring is 1. The highest BCUT2D eigenvalue weighted by Gasteiger charge is 2.24. The van der Waals surface area contributed by atoms with Crippen molar-refractivity contribution < 1.29 is 14.4 Å². The molecular formula is C6H5BCl2FNO2. The topological polar surface area (TPSA) is 66.5 Å². The molecular weight excluding hydrogens is 219 g/mol. The van der Waals surface area contributed by atoms with Crippen molar-refractivity contribution in [3.05, 3.63) is 21.9 Å². The monoisotopic (exact) mass is 223 g/mol. The van der Waals surface area contributed by atoms with Gasteiger partial charge in [-0.3, -0.25) is 0 Å². The second kappa shape index (κ2) is 3.71. The Kier molecular flexibility index (Phi) is 3.03. The summed E-state index contributed by atoms with van der Waals surface area (Å²) in [7, 11) is -2.03. The third kappa shape index (κ3) is 1.89. The molecule has 1 aromatic rings. The first-order valence-corrected chi connectivity index (χ1v) is 3.99. The Labute approximate surface area is 84.0 Å². The average molecular weight is 224 g/mol. The van der Waals surface area contributed by atoms with Gasteiger partial charge in [0, 0.05) is 5.46 Å². The van der Waals surface area contributed by atoms with Crippen molar-refractivity contribution in [3.63, 3.8) is 0 Å². The third-order valence-corrected chi connectivity index (χ3v) is 2.09. The first-order valence-electron chi connectivity index (χ1n) is 3.24. The lowest BCUT2D eigenvalue weighted by molar-refractivity contribution is 0.423. The molecule has 0 saturated heterocycles. The van der Waals surface area contributed by atoms with E-state index in [9.17, 15) is 4.39 Å². The Hall–Kier alpha value is -0.485. The lowest BCUT2D eigenvalue weighted by Gasteiger charge is -2.08. The highest BCUT2D eigenvalue weighted by atomic mass is 35.5. The summed E-state index contributed by atoms with van der Waals surface area (Å²) >= 11 is 10.9. The minimum absolute atomic E-state index is 0.0190. The van der Waals surface area contributed by atoms with Crippen molar-refractivity contribution in [1.29, 1.82) is 0 Å². The smallest absolute Gasteiger partial charge is 0.423 e. The van der Waals surface area contributed by atoms with Crippen molar-refractivity contribution >= 4 is 41.5 Å². The standard InChI is InChI=1S/C6H5BCl2FNO2/c8-2-1-3(9)6(11)4(5(2)10)7(12)13/h1,12-13H,11H2. The van der Waals surface area contributed by atoms with Crippen LogP contribution in [0.3, 0.4) is 0 Å². The van der Waals surface area contributed by atoms with Crippen molar-refractivity contribution in [3.8, 4) is 0 Å². The molecule has 7 heteroatoms. The number of hydrogen-bond acceptors (Lipinski definition) is 3. The van der Waals surface area contributed by atoms with Gasteiger partial charge in [0.25, 0.3) is 0 Å². The molecule has 0 fully saturated rings. The summed E-state index contributed by atoms with van der Waals surface area (Å²) in [6.45, 7) is 0. The summed E-state index contributed by atoms with van der Waals surface area (Å²) in [5.74, 6) is -0.974. The van der Waals surface area contributed by atoms with Gasteiger partial charge in [-0.15, -0.1) is 0 Å². The summed E-state index contributed by atoms with van der Waals surface area (Å²) in [5, 5.41) is 17.2. The number of benzene rings is 1. The van der Waals surface area contributed by atoms with Crippen LogP contribution in [0.1, 0.15) is 0 Å². The molecule has 0 saturated carbocycles. The molecule has 0 atom stereocenters. The van der Waals surface area contributed by atoms with E-state index in [2.05, 4.69) is 0 Å². The lowest BCUT2D eigenvalue weighted by atomic mass is 9.78. The van der Waals surface area contributed by atoms with Crippen LogP contribution in [0.15, 0.2) is 6.07 Å². The van der Waals surface area contributed by atoms with E-state index < -0.39 is 18.4 Å². The zero-order chi connectivity index (χ0) is 10.2. The van der Waals surface area contributed by atoms with Gasteiger partial charge < -0.3 is 15.8 Å². The molecule has 1 aromatic carbocycles. The normalized spacial score (nSPS) is 10.2. The molecule has 0 aliphatic carbocycles. The number of halogens is 3. The minimum Gasteiger partial charge on any atom is -0.423 e. The first kappa shape index (κ1) is 10.6. The predicted octanol–water partition coefficient (Wildman–Crippen LogP) is 0.394. The second-order valence-corrected chi connectivity index (χ2v) is 3.17. The minimum atomic E-state index is -2.03. The van der Waals surface area contributed by atoms with Crippen LogP contribution in [0.5, 0.6) is 0 Å². The van der Waals surface area contributed by atoms with Gasteiger partial charge in [-0.2, -0.15) is 0 Å². The molecule has 0 amide bonds. The first-order chi connectivity index (χ1) is 5.95. The Bertz CT molecular complexity index is 322. The van der Waals surface area contributed by atoms with Gasteiger partial charge in [-0.05, 0) is 6.07 Å². The van der Waals surface area contributed by atoms with E-state index >= 15 is 0 Å². The van der Waals surface area contributed by atoms with Crippen LogP contribution in [0, 0.1) is 5.82 Å². The Morgan fingerprint density at radius 1 is 1.31 bits per heavy atom. The maximum Gasteiger partial charge on any atom is 0.493 e. The van der Waals surface area contributed by atoms with E-state index in [4.69, 9.17) is 39.0 Å². The SMILES string of the molecule is Nc1c(Cl)cc(Cl)c(F)c1B(O)O. The van der Waals surface area contributed by atoms with Crippen LogP contribution in [0.25, 0.3) is 0 Å². The maximum absolute atomic E-state index is 13.1. The fraction of sp³-hybridized carbons (Fsp3) is 0. The van der Waals surface area contributed by atoms with E-state index in [0.717, 1.165) is 6.07 Å². The van der Waals surface area contributed by atoms with E-state index in [1.807, 2.05) is 0 Å². The van der Waals surface area contributed by atoms with E-state index in [1.54, 1.807) is 0 Å². The molecule has 0 aliphatic heterocycles. The largest absolute Gasteiger partial charge is 0.493 e. The zero-order valence-electron chi connectivity index (χ0n) is 6.26. The summed E-state index contributed by atoms with van der Waals surface area (Å²) in [6, 6.07) is 1.10. The van der Waals surface area contributed by atoms with Crippen LogP contribution < -0.4 is 11.2 Å². The van der Waals surface area contributed by atoms with Crippen molar-refractivity contribution in [1.82, 2.24) is 0 Å². The lowest BCUT2D eigenvalue weighted by Crippen LogP contribution is -2.35. The Morgan fingerprint density at radius 2 is 1.85 bits per heavy atom. The van der Waals surface area contributed by atoms with Gasteiger partial charge in [-0.25, -0.2) is 4.39 Å². The molecule has 0 radical (unpaired) electrons. The quantitative estimate of drug-likeness (QED) is 0.367. The molecule has 0 aromatic heterocycles. The number of hydrogen-bond donors (Lipinski definition) is 3. The molecule has 0 heterocycles.